The Morgan fingerprint density at radius 3 is 2.77 bits per heavy atom. The summed E-state index contributed by atoms with van der Waals surface area (Å²) in [5.74, 6) is 0.0419. The average Bonchev–Trinajstić information content (AvgIpc) is 3.24. The molecular formula is C20H16F3N5O2S. The number of thiazole rings is 1. The monoisotopic (exact) mass is 447 g/mol. The number of carbonyl (C=O) groups excluding carboxylic acids is 2. The minimum absolute atomic E-state index is 0.0782. The van der Waals surface area contributed by atoms with E-state index in [1.54, 1.807) is 12.1 Å². The zero-order chi connectivity index (χ0) is 22.0. The van der Waals surface area contributed by atoms with Crippen molar-refractivity contribution in [2.24, 2.45) is 0 Å². The Balaban J connectivity index is 1.44. The molecule has 0 unspecified atom stereocenters. The molecule has 3 heterocycles. The van der Waals surface area contributed by atoms with Gasteiger partial charge in [-0.3, -0.25) is 9.59 Å². The number of aromatic nitrogens is 2. The average molecular weight is 447 g/mol. The summed E-state index contributed by atoms with van der Waals surface area (Å²) < 4.78 is 38.7. The number of amides is 2. The number of halogens is 3. The number of anilines is 2. The summed E-state index contributed by atoms with van der Waals surface area (Å²) in [6, 6.07) is 8.16. The van der Waals surface area contributed by atoms with E-state index in [0.29, 0.717) is 29.6 Å². The van der Waals surface area contributed by atoms with Gasteiger partial charge in [0.15, 0.2) is 0 Å². The first-order chi connectivity index (χ1) is 14.8. The Labute approximate surface area is 178 Å². The molecule has 7 nitrogen and oxygen atoms in total. The van der Waals surface area contributed by atoms with Crippen LogP contribution in [-0.4, -0.2) is 41.4 Å². The molecule has 1 aliphatic heterocycles. The van der Waals surface area contributed by atoms with Crippen LogP contribution < -0.4 is 15.5 Å². The van der Waals surface area contributed by atoms with Crippen molar-refractivity contribution < 1.29 is 22.8 Å². The molecule has 1 fully saturated rings. The van der Waals surface area contributed by atoms with E-state index in [9.17, 15) is 22.8 Å². The molecule has 2 aromatic heterocycles. The molecule has 0 saturated carbocycles. The van der Waals surface area contributed by atoms with Gasteiger partial charge in [-0.15, -0.1) is 11.3 Å². The van der Waals surface area contributed by atoms with Crippen molar-refractivity contribution in [3.05, 3.63) is 59.2 Å². The Hall–Kier alpha value is -3.47. The van der Waals surface area contributed by atoms with E-state index in [2.05, 4.69) is 20.6 Å². The highest BCUT2D eigenvalue weighted by molar-refractivity contribution is 7.13. The fourth-order valence-electron chi connectivity index (χ4n) is 3.02. The predicted octanol–water partition coefficient (Wildman–Crippen LogP) is 3.41. The third-order valence-corrected chi connectivity index (χ3v) is 5.43. The molecule has 31 heavy (non-hydrogen) atoms. The summed E-state index contributed by atoms with van der Waals surface area (Å²) in [4.78, 5) is 34.2. The minimum Gasteiger partial charge on any atom is -0.353 e. The first-order valence-electron chi connectivity index (χ1n) is 9.22. The first-order valence-corrected chi connectivity index (χ1v) is 10.1. The smallest absolute Gasteiger partial charge is 0.353 e. The zero-order valence-corrected chi connectivity index (χ0v) is 16.8. The summed E-state index contributed by atoms with van der Waals surface area (Å²) in [6.45, 7) is 1.40. The third-order valence-electron chi connectivity index (χ3n) is 4.54. The highest BCUT2D eigenvalue weighted by atomic mass is 32.1. The summed E-state index contributed by atoms with van der Waals surface area (Å²) in [5, 5.41) is 7.20. The van der Waals surface area contributed by atoms with Gasteiger partial charge in [0.1, 0.15) is 16.5 Å². The molecule has 11 heteroatoms. The fourth-order valence-corrected chi connectivity index (χ4v) is 3.81. The molecule has 1 aliphatic rings. The van der Waals surface area contributed by atoms with Gasteiger partial charge in [0.05, 0.1) is 24.0 Å². The number of carbonyl (C=O) groups is 2. The van der Waals surface area contributed by atoms with Crippen LogP contribution >= 0.6 is 11.3 Å². The second kappa shape index (κ2) is 8.34. The van der Waals surface area contributed by atoms with E-state index in [1.807, 2.05) is 4.90 Å². The lowest BCUT2D eigenvalue weighted by atomic mass is 10.1. The van der Waals surface area contributed by atoms with Gasteiger partial charge in [0.2, 0.25) is 5.91 Å². The maximum absolute atomic E-state index is 12.9. The van der Waals surface area contributed by atoms with Crippen molar-refractivity contribution in [1.29, 1.82) is 0 Å². The van der Waals surface area contributed by atoms with E-state index in [4.69, 9.17) is 0 Å². The Morgan fingerprint density at radius 2 is 2.06 bits per heavy atom. The molecule has 0 bridgehead atoms. The van der Waals surface area contributed by atoms with Crippen LogP contribution in [0.1, 0.15) is 16.1 Å². The maximum atomic E-state index is 12.9. The van der Waals surface area contributed by atoms with Gasteiger partial charge in [-0.2, -0.15) is 13.2 Å². The number of rotatable bonds is 4. The van der Waals surface area contributed by atoms with E-state index < -0.39 is 17.6 Å². The van der Waals surface area contributed by atoms with Gasteiger partial charge in [-0.1, -0.05) is 12.1 Å². The minimum atomic E-state index is -4.45. The summed E-state index contributed by atoms with van der Waals surface area (Å²) in [5.41, 5.74) is 0.0389. The number of hydrogen-bond donors (Lipinski definition) is 2. The second-order valence-corrected chi connectivity index (χ2v) is 7.61. The Kier molecular flexibility index (Phi) is 5.59. The van der Waals surface area contributed by atoms with Gasteiger partial charge >= 0.3 is 6.18 Å². The van der Waals surface area contributed by atoms with E-state index in [0.717, 1.165) is 23.5 Å². The van der Waals surface area contributed by atoms with Crippen LogP contribution in [0.2, 0.25) is 0 Å². The van der Waals surface area contributed by atoms with Crippen molar-refractivity contribution in [3.8, 4) is 10.6 Å². The lowest BCUT2D eigenvalue weighted by Crippen LogP contribution is -2.48. The largest absolute Gasteiger partial charge is 0.416 e. The van der Waals surface area contributed by atoms with E-state index >= 15 is 0 Å². The first kappa shape index (κ1) is 20.8. The molecule has 4 rings (SSSR count). The lowest BCUT2D eigenvalue weighted by molar-refractivity contribution is -0.137. The van der Waals surface area contributed by atoms with Crippen molar-refractivity contribution in [3.63, 3.8) is 0 Å². The molecule has 1 saturated heterocycles. The van der Waals surface area contributed by atoms with Crippen LogP contribution in [0.4, 0.5) is 24.7 Å². The second-order valence-electron chi connectivity index (χ2n) is 6.75. The molecule has 0 atom stereocenters. The van der Waals surface area contributed by atoms with Gasteiger partial charge < -0.3 is 15.5 Å². The fraction of sp³-hybridized carbons (Fsp3) is 0.200. The molecule has 0 aliphatic carbocycles. The van der Waals surface area contributed by atoms with Crippen LogP contribution in [0.25, 0.3) is 10.6 Å². The maximum Gasteiger partial charge on any atom is 0.416 e. The molecule has 2 amide bonds. The Bertz CT molecular complexity index is 1110. The summed E-state index contributed by atoms with van der Waals surface area (Å²) >= 11 is 1.08. The van der Waals surface area contributed by atoms with Crippen molar-refractivity contribution in [1.82, 2.24) is 15.3 Å². The van der Waals surface area contributed by atoms with Crippen molar-refractivity contribution in [2.75, 3.05) is 29.9 Å². The number of piperazine rings is 1. The van der Waals surface area contributed by atoms with Crippen LogP contribution in [0.15, 0.2) is 48.0 Å². The lowest BCUT2D eigenvalue weighted by Gasteiger charge is -2.27. The highest BCUT2D eigenvalue weighted by Crippen LogP contribution is 2.33. The number of nitrogens with one attached hydrogen (secondary N) is 2. The molecule has 3 aromatic rings. The van der Waals surface area contributed by atoms with Crippen LogP contribution in [0.5, 0.6) is 0 Å². The van der Waals surface area contributed by atoms with Gasteiger partial charge in [-0.05, 0) is 24.3 Å². The topological polar surface area (TPSA) is 87.2 Å². The molecule has 160 valence electrons. The normalized spacial score (nSPS) is 14.3. The van der Waals surface area contributed by atoms with Gasteiger partial charge in [0.25, 0.3) is 5.91 Å². The molecule has 2 N–H and O–H groups in total. The van der Waals surface area contributed by atoms with Gasteiger partial charge in [-0.25, -0.2) is 9.97 Å². The van der Waals surface area contributed by atoms with E-state index in [1.165, 1.54) is 23.7 Å². The predicted molar refractivity (Wildman–Crippen MR) is 110 cm³/mol. The standard InChI is InChI=1S/C20H16F3N5O2S/c21-20(22,23)13-3-1-2-12(8-13)19-27-15(11-31-19)18(30)26-14-4-5-16(25-9-14)28-7-6-24-17(29)10-28/h1-5,8-9,11H,6-7,10H2,(H,24,29)(H,26,30). The number of hydrogen-bond acceptors (Lipinski definition) is 6. The zero-order valence-electron chi connectivity index (χ0n) is 15.9. The van der Waals surface area contributed by atoms with Gasteiger partial charge in [0, 0.05) is 24.0 Å². The van der Waals surface area contributed by atoms with Crippen LogP contribution in [-0.2, 0) is 11.0 Å². The molecular weight excluding hydrogens is 431 g/mol. The quantitative estimate of drug-likeness (QED) is 0.640. The summed E-state index contributed by atoms with van der Waals surface area (Å²) in [7, 11) is 0. The molecule has 0 spiro atoms. The summed E-state index contributed by atoms with van der Waals surface area (Å²) in [6.07, 6.45) is -2.98. The SMILES string of the molecule is O=C1CN(c2ccc(NC(=O)c3csc(-c4cccc(C(F)(F)F)c4)n3)cn2)CCN1. The van der Waals surface area contributed by atoms with Crippen molar-refractivity contribution in [2.45, 2.75) is 6.18 Å². The number of pyridine rings is 1. The number of alkyl halides is 3. The number of nitrogens with zero attached hydrogens (tertiary/aromatic N) is 3. The Morgan fingerprint density at radius 1 is 1.23 bits per heavy atom. The van der Waals surface area contributed by atoms with Crippen LogP contribution in [0, 0.1) is 0 Å². The number of benzene rings is 1. The van der Waals surface area contributed by atoms with E-state index in [-0.39, 0.29) is 23.7 Å². The highest BCUT2D eigenvalue weighted by Gasteiger charge is 2.30. The van der Waals surface area contributed by atoms with Crippen LogP contribution in [0.3, 0.4) is 0 Å². The molecule has 1 aromatic carbocycles. The van der Waals surface area contributed by atoms with Crippen molar-refractivity contribution >= 4 is 34.7 Å². The molecule has 0 radical (unpaired) electrons. The third kappa shape index (κ3) is 4.82.